The van der Waals surface area contributed by atoms with Gasteiger partial charge in [0.2, 0.25) is 0 Å². The number of nitrogens with one attached hydrogen (secondary N) is 1. The molecule has 7 heteroatoms. The minimum Gasteiger partial charge on any atom is -0.393 e. The molecule has 0 spiro atoms. The van der Waals surface area contributed by atoms with Gasteiger partial charge in [-0.05, 0) is 12.0 Å². The van der Waals surface area contributed by atoms with Crippen LogP contribution in [0, 0.1) is 17.2 Å². The summed E-state index contributed by atoms with van der Waals surface area (Å²) in [6, 6.07) is 1.52. The normalized spacial score (nSPS) is 34.4. The fraction of sp³-hybridized carbons (Fsp3) is 0.583. The summed E-state index contributed by atoms with van der Waals surface area (Å²) in [6.07, 6.45) is 2.06. The summed E-state index contributed by atoms with van der Waals surface area (Å²) in [6.45, 7) is 3.51. The van der Waals surface area contributed by atoms with Crippen LogP contribution in [0.1, 0.15) is 20.1 Å². The molecule has 0 amide bonds. The molecule has 1 fully saturated rings. The Bertz CT molecular complexity index is 544. The Labute approximate surface area is 110 Å². The summed E-state index contributed by atoms with van der Waals surface area (Å²) in [5.41, 5.74) is 3.90. The lowest BCUT2D eigenvalue weighted by molar-refractivity contribution is -0.0693. The van der Waals surface area contributed by atoms with E-state index in [2.05, 4.69) is 4.98 Å². The monoisotopic (exact) mass is 266 g/mol. The van der Waals surface area contributed by atoms with Crippen molar-refractivity contribution >= 4 is 12.0 Å². The first-order valence-corrected chi connectivity index (χ1v) is 6.10. The third-order valence-electron chi connectivity index (χ3n) is 3.97. The van der Waals surface area contributed by atoms with Crippen LogP contribution in [0.5, 0.6) is 0 Å². The van der Waals surface area contributed by atoms with Gasteiger partial charge in [0.25, 0.3) is 0 Å². The summed E-state index contributed by atoms with van der Waals surface area (Å²) >= 11 is 0. The van der Waals surface area contributed by atoms with E-state index in [-0.39, 0.29) is 24.3 Å². The fourth-order valence-corrected chi connectivity index (χ4v) is 2.45. The molecule has 0 bridgehead atoms. The van der Waals surface area contributed by atoms with Crippen LogP contribution in [0.15, 0.2) is 17.1 Å². The molecule has 4 atom stereocenters. The van der Waals surface area contributed by atoms with Gasteiger partial charge in [-0.3, -0.25) is 4.57 Å². The van der Waals surface area contributed by atoms with Crippen molar-refractivity contribution in [3.05, 3.63) is 22.7 Å². The van der Waals surface area contributed by atoms with Gasteiger partial charge in [0.1, 0.15) is 17.6 Å². The molecular formula is C12H18N4O3. The molecule has 1 aromatic rings. The predicted molar refractivity (Wildman–Crippen MR) is 70.0 cm³/mol. The molecule has 104 valence electrons. The van der Waals surface area contributed by atoms with Crippen LogP contribution in [0.3, 0.4) is 0 Å². The second kappa shape index (κ2) is 4.75. The Kier molecular flexibility index (Phi) is 3.42. The maximum Gasteiger partial charge on any atom is 0.351 e. The number of nitrogens with two attached hydrogens (primary N) is 1. The molecule has 0 aliphatic carbocycles. The highest BCUT2D eigenvalue weighted by Crippen LogP contribution is 2.43. The van der Waals surface area contributed by atoms with E-state index in [0.29, 0.717) is 0 Å². The number of hydrogen-bond acceptors (Lipinski definition) is 6. The molecule has 0 aromatic carbocycles. The lowest BCUT2D eigenvalue weighted by Gasteiger charge is -2.26. The topological polar surface area (TPSA) is 114 Å². The number of rotatable bonds is 3. The molecule has 1 aromatic heterocycles. The quantitative estimate of drug-likeness (QED) is 0.667. The van der Waals surface area contributed by atoms with E-state index >= 15 is 0 Å². The Morgan fingerprint density at radius 1 is 1.68 bits per heavy atom. The summed E-state index contributed by atoms with van der Waals surface area (Å²) in [5.74, 6) is 0.0155. The van der Waals surface area contributed by atoms with Gasteiger partial charge in [-0.1, -0.05) is 13.8 Å². The van der Waals surface area contributed by atoms with Gasteiger partial charge in [-0.15, -0.1) is 0 Å². The van der Waals surface area contributed by atoms with Crippen molar-refractivity contribution in [3.63, 3.8) is 0 Å². The molecule has 4 N–H and O–H groups in total. The standard InChI is InChI=1S/C12H18N4O3/c1-7-8(2)12(5-13,6-17)19-10(7)16-4-3-9(14)15-11(16)18/h3-5,7-8,10,13,17H,6H2,1-2H3,(H2,14,15,18)/t7-,8+,10-,12-/m1/s1. The zero-order valence-electron chi connectivity index (χ0n) is 10.9. The number of anilines is 1. The van der Waals surface area contributed by atoms with Crippen molar-refractivity contribution < 1.29 is 9.84 Å². The first kappa shape index (κ1) is 13.7. The maximum absolute atomic E-state index is 11.8. The number of aromatic nitrogens is 2. The molecule has 0 radical (unpaired) electrons. The predicted octanol–water partition coefficient (Wildman–Crippen LogP) is 0.00717. The minimum atomic E-state index is -1.05. The SMILES string of the molecule is C[C@H]1[C@H](n2ccc(N)nc2=O)O[C@](C=N)(CO)[C@H]1C. The number of nitrogens with zero attached hydrogens (tertiary/aromatic N) is 2. The Morgan fingerprint density at radius 2 is 2.37 bits per heavy atom. The van der Waals surface area contributed by atoms with Gasteiger partial charge in [0, 0.05) is 18.3 Å². The van der Waals surface area contributed by atoms with E-state index in [1.807, 2.05) is 13.8 Å². The Hall–Kier alpha value is -1.73. The van der Waals surface area contributed by atoms with E-state index < -0.39 is 17.5 Å². The number of nitrogen functional groups attached to an aromatic ring is 1. The van der Waals surface area contributed by atoms with E-state index in [9.17, 15) is 9.90 Å². The third kappa shape index (κ3) is 2.04. The molecular weight excluding hydrogens is 248 g/mol. The lowest BCUT2D eigenvalue weighted by atomic mass is 9.84. The summed E-state index contributed by atoms with van der Waals surface area (Å²) < 4.78 is 7.11. The second-order valence-electron chi connectivity index (χ2n) is 4.96. The van der Waals surface area contributed by atoms with Gasteiger partial charge in [-0.25, -0.2) is 4.79 Å². The van der Waals surface area contributed by atoms with Crippen LogP contribution < -0.4 is 11.4 Å². The van der Waals surface area contributed by atoms with E-state index in [1.54, 1.807) is 0 Å². The molecule has 2 rings (SSSR count). The largest absolute Gasteiger partial charge is 0.393 e. The Balaban J connectivity index is 2.42. The van der Waals surface area contributed by atoms with E-state index in [4.69, 9.17) is 15.9 Å². The molecule has 19 heavy (non-hydrogen) atoms. The Morgan fingerprint density at radius 3 is 2.84 bits per heavy atom. The van der Waals surface area contributed by atoms with Crippen molar-refractivity contribution in [2.75, 3.05) is 12.3 Å². The number of ether oxygens (including phenoxy) is 1. The average Bonchev–Trinajstić information content (AvgIpc) is 2.64. The maximum atomic E-state index is 11.8. The van der Waals surface area contributed by atoms with Gasteiger partial charge in [0.05, 0.1) is 6.61 Å². The van der Waals surface area contributed by atoms with Crippen molar-refractivity contribution in [1.29, 1.82) is 5.41 Å². The number of hydrogen-bond donors (Lipinski definition) is 3. The highest BCUT2D eigenvalue weighted by atomic mass is 16.5. The zero-order chi connectivity index (χ0) is 14.2. The van der Waals surface area contributed by atoms with Crippen LogP contribution in [-0.4, -0.2) is 33.1 Å². The van der Waals surface area contributed by atoms with Crippen LogP contribution in [0.25, 0.3) is 0 Å². The summed E-state index contributed by atoms with van der Waals surface area (Å²) in [7, 11) is 0. The second-order valence-corrected chi connectivity index (χ2v) is 4.96. The van der Waals surface area contributed by atoms with Crippen LogP contribution in [-0.2, 0) is 4.74 Å². The van der Waals surface area contributed by atoms with Crippen LogP contribution >= 0.6 is 0 Å². The van der Waals surface area contributed by atoms with Crippen LogP contribution in [0.2, 0.25) is 0 Å². The lowest BCUT2D eigenvalue weighted by Crippen LogP contribution is -2.41. The van der Waals surface area contributed by atoms with Crippen LogP contribution in [0.4, 0.5) is 5.82 Å². The molecule has 2 heterocycles. The van der Waals surface area contributed by atoms with Gasteiger partial charge >= 0.3 is 5.69 Å². The summed E-state index contributed by atoms with van der Waals surface area (Å²) in [5, 5.41) is 17.0. The first-order chi connectivity index (χ1) is 8.95. The third-order valence-corrected chi connectivity index (χ3v) is 3.97. The molecule has 1 aliphatic heterocycles. The van der Waals surface area contributed by atoms with Crippen molar-refractivity contribution in [1.82, 2.24) is 9.55 Å². The number of aliphatic hydroxyl groups excluding tert-OH is 1. The van der Waals surface area contributed by atoms with Gasteiger partial charge < -0.3 is 21.0 Å². The van der Waals surface area contributed by atoms with Gasteiger partial charge in [-0.2, -0.15) is 4.98 Å². The first-order valence-electron chi connectivity index (χ1n) is 6.10. The minimum absolute atomic E-state index is 0.0446. The molecule has 7 nitrogen and oxygen atoms in total. The van der Waals surface area contributed by atoms with Crippen molar-refractivity contribution in [2.24, 2.45) is 11.8 Å². The van der Waals surface area contributed by atoms with E-state index in [0.717, 1.165) is 6.21 Å². The summed E-state index contributed by atoms with van der Waals surface area (Å²) in [4.78, 5) is 15.5. The smallest absolute Gasteiger partial charge is 0.351 e. The van der Waals surface area contributed by atoms with Crippen molar-refractivity contribution in [3.8, 4) is 0 Å². The molecule has 0 unspecified atom stereocenters. The highest BCUT2D eigenvalue weighted by molar-refractivity contribution is 5.67. The fourth-order valence-electron chi connectivity index (χ4n) is 2.45. The number of aliphatic hydroxyl groups is 1. The average molecular weight is 266 g/mol. The molecule has 1 aliphatic rings. The van der Waals surface area contributed by atoms with Gasteiger partial charge in [0.15, 0.2) is 0 Å². The molecule has 0 saturated carbocycles. The highest BCUT2D eigenvalue weighted by Gasteiger charge is 2.50. The van der Waals surface area contributed by atoms with Crippen molar-refractivity contribution in [2.45, 2.75) is 25.7 Å². The van der Waals surface area contributed by atoms with E-state index in [1.165, 1.54) is 16.8 Å². The zero-order valence-corrected chi connectivity index (χ0v) is 10.9. The molecule has 1 saturated heterocycles.